The number of amides is 1. The molecule has 4 heteroatoms. The first kappa shape index (κ1) is 9.93. The molecule has 0 aromatic heterocycles. The summed E-state index contributed by atoms with van der Waals surface area (Å²) in [5.41, 5.74) is 0. The number of hydrogen-bond donors (Lipinski definition) is 1. The molecule has 0 spiro atoms. The number of rotatable bonds is 2. The zero-order chi connectivity index (χ0) is 10.1. The van der Waals surface area contributed by atoms with E-state index in [0.717, 1.165) is 26.1 Å². The minimum Gasteiger partial charge on any atom is -0.344 e. The van der Waals surface area contributed by atoms with Gasteiger partial charge in [0.2, 0.25) is 5.91 Å². The summed E-state index contributed by atoms with van der Waals surface area (Å²) in [6, 6.07) is 0.743. The van der Waals surface area contributed by atoms with Gasteiger partial charge >= 0.3 is 0 Å². The van der Waals surface area contributed by atoms with Gasteiger partial charge in [0.1, 0.15) is 0 Å². The molecule has 1 amide bonds. The molecular weight excluding hydrogens is 178 g/mol. The van der Waals surface area contributed by atoms with E-state index in [1.165, 1.54) is 6.42 Å². The number of carbonyl (C=O) groups is 1. The molecule has 1 N–H and O–H groups in total. The number of nitrogens with zero attached hydrogens (tertiary/aromatic N) is 2. The molecular formula is C10H19N3O. The van der Waals surface area contributed by atoms with Crippen LogP contribution in [0.5, 0.6) is 0 Å². The molecule has 2 saturated heterocycles. The van der Waals surface area contributed by atoms with Gasteiger partial charge in [0.25, 0.3) is 0 Å². The fourth-order valence-electron chi connectivity index (χ4n) is 2.45. The third kappa shape index (κ3) is 1.64. The standard InChI is InChI=1S/C10H19N3O/c1-11-8-3-6-13(7-8)9-4-5-12(2)10(9)14/h8-9,11H,3-7H2,1-2H3. The van der Waals surface area contributed by atoms with E-state index in [1.807, 2.05) is 19.0 Å². The minimum absolute atomic E-state index is 0.165. The molecule has 2 unspecified atom stereocenters. The van der Waals surface area contributed by atoms with Crippen LogP contribution in [-0.2, 0) is 4.79 Å². The highest BCUT2D eigenvalue weighted by molar-refractivity contribution is 5.83. The van der Waals surface area contributed by atoms with Crippen molar-refractivity contribution in [2.24, 2.45) is 0 Å². The maximum Gasteiger partial charge on any atom is 0.239 e. The lowest BCUT2D eigenvalue weighted by atomic mass is 10.2. The highest BCUT2D eigenvalue weighted by atomic mass is 16.2. The summed E-state index contributed by atoms with van der Waals surface area (Å²) in [5, 5.41) is 3.28. The predicted molar refractivity (Wildman–Crippen MR) is 55.1 cm³/mol. The summed E-state index contributed by atoms with van der Waals surface area (Å²) >= 11 is 0. The molecule has 2 aliphatic rings. The van der Waals surface area contributed by atoms with Gasteiger partial charge in [0.15, 0.2) is 0 Å². The van der Waals surface area contributed by atoms with Gasteiger partial charge in [-0.1, -0.05) is 0 Å². The van der Waals surface area contributed by atoms with Crippen molar-refractivity contribution in [3.8, 4) is 0 Å². The molecule has 0 aromatic carbocycles. The molecule has 14 heavy (non-hydrogen) atoms. The minimum atomic E-state index is 0.165. The summed E-state index contributed by atoms with van der Waals surface area (Å²) in [5.74, 6) is 0.307. The van der Waals surface area contributed by atoms with Crippen molar-refractivity contribution in [2.45, 2.75) is 24.9 Å². The molecule has 0 aliphatic carbocycles. The fourth-order valence-corrected chi connectivity index (χ4v) is 2.45. The lowest BCUT2D eigenvalue weighted by Crippen LogP contribution is -2.41. The van der Waals surface area contributed by atoms with Crippen LogP contribution in [0, 0.1) is 0 Å². The van der Waals surface area contributed by atoms with Crippen LogP contribution >= 0.6 is 0 Å². The van der Waals surface area contributed by atoms with Crippen molar-refractivity contribution < 1.29 is 4.79 Å². The number of likely N-dealkylation sites (tertiary alicyclic amines) is 2. The molecule has 2 atom stereocenters. The second kappa shape index (κ2) is 3.87. The molecule has 4 nitrogen and oxygen atoms in total. The van der Waals surface area contributed by atoms with Crippen molar-refractivity contribution in [3.63, 3.8) is 0 Å². The summed E-state index contributed by atoms with van der Waals surface area (Å²) in [4.78, 5) is 15.9. The van der Waals surface area contributed by atoms with Crippen LogP contribution in [-0.4, -0.2) is 61.5 Å². The zero-order valence-electron chi connectivity index (χ0n) is 8.99. The number of nitrogens with one attached hydrogen (secondary N) is 1. The van der Waals surface area contributed by atoms with E-state index < -0.39 is 0 Å². The van der Waals surface area contributed by atoms with Crippen molar-refractivity contribution in [1.29, 1.82) is 0 Å². The van der Waals surface area contributed by atoms with Gasteiger partial charge < -0.3 is 10.2 Å². The maximum absolute atomic E-state index is 11.8. The Bertz CT molecular complexity index is 231. The second-order valence-electron chi connectivity index (χ2n) is 4.33. The molecule has 0 radical (unpaired) electrons. The maximum atomic E-state index is 11.8. The molecule has 2 heterocycles. The third-order valence-electron chi connectivity index (χ3n) is 3.47. The molecule has 0 aromatic rings. The summed E-state index contributed by atoms with van der Waals surface area (Å²) in [6.45, 7) is 3.01. The summed E-state index contributed by atoms with van der Waals surface area (Å²) < 4.78 is 0. The number of carbonyl (C=O) groups excluding carboxylic acids is 1. The van der Waals surface area contributed by atoms with Crippen LogP contribution in [0.3, 0.4) is 0 Å². The van der Waals surface area contributed by atoms with Crippen molar-refractivity contribution in [2.75, 3.05) is 33.7 Å². The number of hydrogen-bond acceptors (Lipinski definition) is 3. The first-order chi connectivity index (χ1) is 6.72. The Balaban J connectivity index is 1.94. The monoisotopic (exact) mass is 197 g/mol. The molecule has 0 bridgehead atoms. The average molecular weight is 197 g/mol. The fraction of sp³-hybridized carbons (Fsp3) is 0.900. The molecule has 80 valence electrons. The van der Waals surface area contributed by atoms with Crippen LogP contribution in [0.2, 0.25) is 0 Å². The first-order valence-electron chi connectivity index (χ1n) is 5.38. The van der Waals surface area contributed by atoms with Gasteiger partial charge in [-0.25, -0.2) is 0 Å². The normalized spacial score (nSPS) is 34.4. The third-order valence-corrected chi connectivity index (χ3v) is 3.47. The van der Waals surface area contributed by atoms with Crippen LogP contribution < -0.4 is 5.32 Å². The van der Waals surface area contributed by atoms with Gasteiger partial charge in [0, 0.05) is 32.7 Å². The number of likely N-dealkylation sites (N-methyl/N-ethyl adjacent to an activating group) is 2. The molecule has 2 rings (SSSR count). The Morgan fingerprint density at radius 2 is 2.14 bits per heavy atom. The van der Waals surface area contributed by atoms with Crippen LogP contribution in [0.25, 0.3) is 0 Å². The Hall–Kier alpha value is -0.610. The quantitative estimate of drug-likeness (QED) is 0.649. The van der Waals surface area contributed by atoms with Gasteiger partial charge in [-0.05, 0) is 19.9 Å². The largest absolute Gasteiger partial charge is 0.344 e. The highest BCUT2D eigenvalue weighted by Crippen LogP contribution is 2.20. The topological polar surface area (TPSA) is 35.6 Å². The molecule has 0 saturated carbocycles. The van der Waals surface area contributed by atoms with Crippen LogP contribution in [0.4, 0.5) is 0 Å². The summed E-state index contributed by atoms with van der Waals surface area (Å²) in [7, 11) is 3.89. The Kier molecular flexibility index (Phi) is 2.74. The molecule has 2 aliphatic heterocycles. The van der Waals surface area contributed by atoms with E-state index in [2.05, 4.69) is 10.2 Å². The smallest absolute Gasteiger partial charge is 0.239 e. The van der Waals surface area contributed by atoms with E-state index in [9.17, 15) is 4.79 Å². The van der Waals surface area contributed by atoms with E-state index in [4.69, 9.17) is 0 Å². The predicted octanol–water partition coefficient (Wildman–Crippen LogP) is -0.489. The lowest BCUT2D eigenvalue weighted by Gasteiger charge is -2.22. The van der Waals surface area contributed by atoms with Gasteiger partial charge in [-0.3, -0.25) is 9.69 Å². The van der Waals surface area contributed by atoms with Crippen molar-refractivity contribution in [1.82, 2.24) is 15.1 Å². The van der Waals surface area contributed by atoms with E-state index in [0.29, 0.717) is 11.9 Å². The van der Waals surface area contributed by atoms with Crippen molar-refractivity contribution >= 4 is 5.91 Å². The summed E-state index contributed by atoms with van der Waals surface area (Å²) in [6.07, 6.45) is 2.18. The van der Waals surface area contributed by atoms with Crippen molar-refractivity contribution in [3.05, 3.63) is 0 Å². The average Bonchev–Trinajstić information content (AvgIpc) is 2.75. The first-order valence-corrected chi connectivity index (χ1v) is 5.38. The Labute approximate surface area is 85.2 Å². The van der Waals surface area contributed by atoms with Gasteiger partial charge in [-0.2, -0.15) is 0 Å². The Morgan fingerprint density at radius 1 is 1.36 bits per heavy atom. The van der Waals surface area contributed by atoms with E-state index >= 15 is 0 Å². The SMILES string of the molecule is CNC1CCN(C2CCN(C)C2=O)C1. The Morgan fingerprint density at radius 3 is 2.64 bits per heavy atom. The van der Waals surface area contributed by atoms with E-state index in [-0.39, 0.29) is 6.04 Å². The second-order valence-corrected chi connectivity index (χ2v) is 4.33. The molecule has 2 fully saturated rings. The van der Waals surface area contributed by atoms with Crippen LogP contribution in [0.1, 0.15) is 12.8 Å². The highest BCUT2D eigenvalue weighted by Gasteiger charge is 2.36. The van der Waals surface area contributed by atoms with Crippen LogP contribution in [0.15, 0.2) is 0 Å². The zero-order valence-corrected chi connectivity index (χ0v) is 8.99. The van der Waals surface area contributed by atoms with Gasteiger partial charge in [0.05, 0.1) is 6.04 Å². The van der Waals surface area contributed by atoms with E-state index in [1.54, 1.807) is 0 Å². The lowest BCUT2D eigenvalue weighted by molar-refractivity contribution is -0.130. The van der Waals surface area contributed by atoms with Gasteiger partial charge in [-0.15, -0.1) is 0 Å².